The zero-order valence-electron chi connectivity index (χ0n) is 12.5. The van der Waals surface area contributed by atoms with E-state index < -0.39 is 0 Å². The number of ether oxygens (including phenoxy) is 2. The third kappa shape index (κ3) is 4.39. The molecule has 0 fully saturated rings. The van der Waals surface area contributed by atoms with Gasteiger partial charge in [0.1, 0.15) is 6.61 Å². The van der Waals surface area contributed by atoms with E-state index in [1.165, 1.54) is 0 Å². The predicted octanol–water partition coefficient (Wildman–Crippen LogP) is 4.53. The number of hydrogen-bond donors (Lipinski definition) is 0. The molecule has 0 saturated carbocycles. The monoisotopic (exact) mass is 367 g/mol. The van der Waals surface area contributed by atoms with Crippen LogP contribution in [0.25, 0.3) is 11.6 Å². The Labute approximate surface area is 144 Å². The molecule has 114 valence electrons. The summed E-state index contributed by atoms with van der Waals surface area (Å²) in [4.78, 5) is 0. The normalized spacial score (nSPS) is 10.5. The van der Waals surface area contributed by atoms with Crippen LogP contribution in [0.2, 0.25) is 0 Å². The van der Waals surface area contributed by atoms with E-state index in [9.17, 15) is 5.26 Å². The van der Waals surface area contributed by atoms with E-state index in [0.29, 0.717) is 17.1 Å². The number of nitrogens with zero attached hydrogens (tertiary/aromatic N) is 1. The molecule has 0 amide bonds. The minimum atomic E-state index is 0.174. The number of allylic oxidation sites excluding steroid dienone is 1. The molecule has 0 heterocycles. The molecule has 0 unspecified atom stereocenters. The minimum Gasteiger partial charge on any atom is -0.493 e. The molecule has 0 N–H and O–H groups in total. The minimum absolute atomic E-state index is 0.174. The van der Waals surface area contributed by atoms with Gasteiger partial charge in [0.2, 0.25) is 0 Å². The van der Waals surface area contributed by atoms with Crippen LogP contribution in [0.5, 0.6) is 11.5 Å². The topological polar surface area (TPSA) is 42.2 Å². The number of methoxy groups -OCH3 is 1. The van der Waals surface area contributed by atoms with Crippen LogP contribution in [0.4, 0.5) is 0 Å². The van der Waals surface area contributed by atoms with Crippen molar-refractivity contribution in [2.24, 2.45) is 0 Å². The lowest BCUT2D eigenvalue weighted by molar-refractivity contribution is 0.331. The lowest BCUT2D eigenvalue weighted by Gasteiger charge is -2.09. The van der Waals surface area contributed by atoms with Gasteiger partial charge in [-0.05, 0) is 41.5 Å². The first-order valence-corrected chi connectivity index (χ1v) is 7.59. The molecule has 0 aromatic heterocycles. The first kappa shape index (κ1) is 16.7. The Hall–Kier alpha value is -2.69. The molecule has 0 aliphatic heterocycles. The summed E-state index contributed by atoms with van der Waals surface area (Å²) in [5, 5.41) is 9.40. The molecule has 2 aromatic carbocycles. The summed E-state index contributed by atoms with van der Waals surface area (Å²) >= 11 is 3.38. The molecule has 0 saturated heterocycles. The van der Waals surface area contributed by atoms with Crippen LogP contribution in [-0.4, -0.2) is 13.7 Å². The van der Waals surface area contributed by atoms with Gasteiger partial charge in [-0.2, -0.15) is 5.26 Å². The van der Waals surface area contributed by atoms with Gasteiger partial charge in [-0.1, -0.05) is 40.0 Å². The Kier molecular flexibility index (Phi) is 5.86. The summed E-state index contributed by atoms with van der Waals surface area (Å²) in [6.07, 6.45) is 6.99. The molecule has 4 heteroatoms. The summed E-state index contributed by atoms with van der Waals surface area (Å²) in [6, 6.07) is 15.2. The summed E-state index contributed by atoms with van der Waals surface area (Å²) in [6.45, 7) is 0.174. The zero-order valence-corrected chi connectivity index (χ0v) is 14.1. The average molecular weight is 368 g/mol. The van der Waals surface area contributed by atoms with Gasteiger partial charge in [0, 0.05) is 4.47 Å². The molecular formula is C19H14BrNO2. The highest BCUT2D eigenvalue weighted by molar-refractivity contribution is 9.10. The van der Waals surface area contributed by atoms with Crippen molar-refractivity contribution in [3.05, 3.63) is 58.1 Å². The molecule has 0 spiro atoms. The predicted molar refractivity (Wildman–Crippen MR) is 94.9 cm³/mol. The van der Waals surface area contributed by atoms with E-state index in [0.717, 1.165) is 15.6 Å². The highest BCUT2D eigenvalue weighted by atomic mass is 79.9. The van der Waals surface area contributed by atoms with E-state index in [2.05, 4.69) is 27.9 Å². The van der Waals surface area contributed by atoms with E-state index in [1.807, 2.05) is 36.4 Å². The van der Waals surface area contributed by atoms with Crippen molar-refractivity contribution in [3.8, 4) is 29.9 Å². The third-order valence-electron chi connectivity index (χ3n) is 3.09. The Morgan fingerprint density at radius 3 is 2.57 bits per heavy atom. The lowest BCUT2D eigenvalue weighted by Crippen LogP contribution is -1.96. The number of rotatable bonds is 5. The van der Waals surface area contributed by atoms with Crippen molar-refractivity contribution < 1.29 is 9.47 Å². The molecule has 0 bridgehead atoms. The highest BCUT2D eigenvalue weighted by Crippen LogP contribution is 2.30. The van der Waals surface area contributed by atoms with Crippen LogP contribution >= 0.6 is 15.9 Å². The maximum atomic E-state index is 9.40. The number of terminal acetylenes is 1. The van der Waals surface area contributed by atoms with Gasteiger partial charge in [0.15, 0.2) is 11.5 Å². The molecule has 2 rings (SSSR count). The smallest absolute Gasteiger partial charge is 0.162 e. The van der Waals surface area contributed by atoms with Gasteiger partial charge in [-0.3, -0.25) is 0 Å². The van der Waals surface area contributed by atoms with E-state index in [4.69, 9.17) is 15.9 Å². The SMILES string of the molecule is C#CCOc1ccc(/C=C(\C#N)c2ccc(Br)cc2)cc1OC. The van der Waals surface area contributed by atoms with E-state index in [1.54, 1.807) is 19.3 Å². The van der Waals surface area contributed by atoms with Gasteiger partial charge >= 0.3 is 0 Å². The summed E-state index contributed by atoms with van der Waals surface area (Å²) < 4.78 is 11.7. The molecular weight excluding hydrogens is 354 g/mol. The number of benzene rings is 2. The quantitative estimate of drug-likeness (QED) is 0.442. The third-order valence-corrected chi connectivity index (χ3v) is 3.61. The largest absolute Gasteiger partial charge is 0.493 e. The molecule has 23 heavy (non-hydrogen) atoms. The first-order chi connectivity index (χ1) is 11.2. The molecule has 2 aromatic rings. The molecule has 0 aliphatic carbocycles. The fourth-order valence-corrected chi connectivity index (χ4v) is 2.25. The van der Waals surface area contributed by atoms with E-state index >= 15 is 0 Å². The van der Waals surface area contributed by atoms with Crippen molar-refractivity contribution in [2.45, 2.75) is 0 Å². The van der Waals surface area contributed by atoms with Crippen molar-refractivity contribution in [1.29, 1.82) is 5.26 Å². The first-order valence-electron chi connectivity index (χ1n) is 6.80. The molecule has 0 radical (unpaired) electrons. The Morgan fingerprint density at radius 1 is 1.22 bits per heavy atom. The Morgan fingerprint density at radius 2 is 1.96 bits per heavy atom. The molecule has 0 atom stereocenters. The van der Waals surface area contributed by atoms with Crippen LogP contribution in [-0.2, 0) is 0 Å². The fourth-order valence-electron chi connectivity index (χ4n) is 1.99. The van der Waals surface area contributed by atoms with E-state index in [-0.39, 0.29) is 6.61 Å². The Bertz CT molecular complexity index is 796. The Balaban J connectivity index is 2.35. The number of halogens is 1. The van der Waals surface area contributed by atoms with Gasteiger partial charge in [-0.25, -0.2) is 0 Å². The van der Waals surface area contributed by atoms with Crippen LogP contribution in [0.15, 0.2) is 46.9 Å². The second-order valence-electron chi connectivity index (χ2n) is 4.58. The lowest BCUT2D eigenvalue weighted by atomic mass is 10.0. The summed E-state index contributed by atoms with van der Waals surface area (Å²) in [5.74, 6) is 3.56. The molecule has 0 aliphatic rings. The number of hydrogen-bond acceptors (Lipinski definition) is 3. The maximum Gasteiger partial charge on any atom is 0.162 e. The van der Waals surface area contributed by atoms with Crippen molar-refractivity contribution in [3.63, 3.8) is 0 Å². The van der Waals surface area contributed by atoms with Crippen LogP contribution < -0.4 is 9.47 Å². The van der Waals surface area contributed by atoms with Gasteiger partial charge in [0.25, 0.3) is 0 Å². The van der Waals surface area contributed by atoms with Crippen molar-refractivity contribution in [1.82, 2.24) is 0 Å². The van der Waals surface area contributed by atoms with Gasteiger partial charge < -0.3 is 9.47 Å². The maximum absolute atomic E-state index is 9.40. The fraction of sp³-hybridized carbons (Fsp3) is 0.105. The summed E-state index contributed by atoms with van der Waals surface area (Å²) in [7, 11) is 1.56. The number of nitriles is 1. The summed E-state index contributed by atoms with van der Waals surface area (Å²) in [5.41, 5.74) is 2.26. The van der Waals surface area contributed by atoms with Crippen LogP contribution in [0.1, 0.15) is 11.1 Å². The van der Waals surface area contributed by atoms with Gasteiger partial charge in [0.05, 0.1) is 18.8 Å². The highest BCUT2D eigenvalue weighted by Gasteiger charge is 2.06. The second kappa shape index (κ2) is 8.08. The van der Waals surface area contributed by atoms with Crippen molar-refractivity contribution >= 4 is 27.6 Å². The van der Waals surface area contributed by atoms with Crippen LogP contribution in [0, 0.1) is 23.7 Å². The average Bonchev–Trinajstić information content (AvgIpc) is 2.59. The van der Waals surface area contributed by atoms with Crippen LogP contribution in [0.3, 0.4) is 0 Å². The van der Waals surface area contributed by atoms with Gasteiger partial charge in [-0.15, -0.1) is 6.42 Å². The molecule has 3 nitrogen and oxygen atoms in total. The standard InChI is InChI=1S/C19H14BrNO2/c1-3-10-23-18-9-4-14(12-19(18)22-2)11-16(13-21)15-5-7-17(20)8-6-15/h1,4-9,11-12H,10H2,2H3/b16-11+. The van der Waals surface area contributed by atoms with Crippen molar-refractivity contribution in [2.75, 3.05) is 13.7 Å². The zero-order chi connectivity index (χ0) is 16.7. The second-order valence-corrected chi connectivity index (χ2v) is 5.50.